The lowest BCUT2D eigenvalue weighted by Gasteiger charge is -2.24. The van der Waals surface area contributed by atoms with Gasteiger partial charge in [-0.15, -0.1) is 0 Å². The third-order valence-corrected chi connectivity index (χ3v) is 7.01. The molecule has 2 atom stereocenters. The third kappa shape index (κ3) is 3.84. The molecule has 1 fully saturated rings. The average molecular weight is 502 g/mol. The predicted molar refractivity (Wildman–Crippen MR) is 101 cm³/mol. The molecule has 0 aliphatic heterocycles. The lowest BCUT2D eigenvalue weighted by atomic mass is 9.88. The summed E-state index contributed by atoms with van der Waals surface area (Å²) < 4.78 is 29.6. The van der Waals surface area contributed by atoms with E-state index in [2.05, 4.69) is 4.74 Å². The number of carboxylic acid groups (broad SMARTS) is 1. The van der Waals surface area contributed by atoms with Crippen LogP contribution in [0.5, 0.6) is 5.75 Å². The largest absolute Gasteiger partial charge is 0.549 e. The molecule has 0 spiro atoms. The van der Waals surface area contributed by atoms with Crippen molar-refractivity contribution in [2.75, 3.05) is 0 Å². The highest BCUT2D eigenvalue weighted by atomic mass is 35.5. The van der Waals surface area contributed by atoms with Crippen LogP contribution >= 0.6 is 69.6 Å². The molecule has 150 valence electrons. The van der Waals surface area contributed by atoms with E-state index < -0.39 is 40.1 Å². The van der Waals surface area contributed by atoms with Crippen LogP contribution in [0.25, 0.3) is 0 Å². The second-order valence-corrected chi connectivity index (χ2v) is 9.05. The van der Waals surface area contributed by atoms with Gasteiger partial charge < -0.3 is 14.6 Å². The van der Waals surface area contributed by atoms with Crippen molar-refractivity contribution in [3.05, 3.63) is 36.2 Å². The zero-order chi connectivity index (χ0) is 20.9. The van der Waals surface area contributed by atoms with Crippen LogP contribution in [0.4, 0.5) is 8.78 Å². The maximum absolute atomic E-state index is 12.7. The minimum atomic E-state index is -3.23. The predicted octanol–water partition coefficient (Wildman–Crippen LogP) is 6.16. The quantitative estimate of drug-likeness (QED) is 0.347. The summed E-state index contributed by atoms with van der Waals surface area (Å²) in [6.07, 6.45) is 1.08. The highest BCUT2D eigenvalue weighted by Gasteiger charge is 2.70. The number of carbonyl (C=O) groups excluding carboxylic acids is 1. The van der Waals surface area contributed by atoms with Crippen molar-refractivity contribution in [3.63, 3.8) is 0 Å². The molecule has 1 aliphatic rings. The highest BCUT2D eigenvalue weighted by molar-refractivity contribution is 6.56. The summed E-state index contributed by atoms with van der Waals surface area (Å²) in [6, 6.07) is 0. The van der Waals surface area contributed by atoms with Gasteiger partial charge in [0, 0.05) is 11.4 Å². The van der Waals surface area contributed by atoms with Gasteiger partial charge in [-0.1, -0.05) is 83.5 Å². The van der Waals surface area contributed by atoms with Crippen molar-refractivity contribution < 1.29 is 23.4 Å². The van der Waals surface area contributed by atoms with Gasteiger partial charge in [0.1, 0.15) is 9.51 Å². The Balaban J connectivity index is 2.63. The maximum Gasteiger partial charge on any atom is 0.387 e. The highest BCUT2D eigenvalue weighted by Crippen LogP contribution is 2.71. The van der Waals surface area contributed by atoms with Crippen LogP contribution < -0.4 is 9.84 Å². The number of benzene rings is 1. The van der Waals surface area contributed by atoms with Crippen molar-refractivity contribution in [1.29, 1.82) is 0 Å². The molecule has 27 heavy (non-hydrogen) atoms. The molecule has 0 radical (unpaired) electrons. The lowest BCUT2D eigenvalue weighted by molar-refractivity contribution is -0.315. The Morgan fingerprint density at radius 1 is 1.15 bits per heavy atom. The first-order valence-corrected chi connectivity index (χ1v) is 9.59. The van der Waals surface area contributed by atoms with Gasteiger partial charge in [-0.25, -0.2) is 0 Å². The summed E-state index contributed by atoms with van der Waals surface area (Å²) in [7, 11) is 0. The number of aliphatic carboxylic acids is 1. The molecule has 11 heteroatoms. The van der Waals surface area contributed by atoms with Gasteiger partial charge in [0.25, 0.3) is 0 Å². The molecule has 0 saturated heterocycles. The smallest absolute Gasteiger partial charge is 0.387 e. The summed E-state index contributed by atoms with van der Waals surface area (Å²) >= 11 is 35.6. The summed E-state index contributed by atoms with van der Waals surface area (Å²) in [5, 5.41) is 10.8. The van der Waals surface area contributed by atoms with Crippen molar-refractivity contribution in [1.82, 2.24) is 0 Å². The fraction of sp³-hybridized carbons (Fsp3) is 0.438. The van der Waals surface area contributed by atoms with Crippen LogP contribution in [-0.4, -0.2) is 12.6 Å². The van der Waals surface area contributed by atoms with Crippen LogP contribution in [0.1, 0.15) is 19.4 Å². The number of ether oxygens (including phenoxy) is 1. The zero-order valence-electron chi connectivity index (χ0n) is 13.7. The Morgan fingerprint density at radius 2 is 1.70 bits per heavy atom. The number of carboxylic acids is 1. The number of alkyl halides is 2. The molecule has 1 aromatic carbocycles. The molecule has 2 rings (SSSR count). The van der Waals surface area contributed by atoms with E-state index in [0.29, 0.717) is 0 Å². The average Bonchev–Trinajstić information content (AvgIpc) is 3.00. The Bertz CT molecular complexity index is 823. The van der Waals surface area contributed by atoms with E-state index in [0.717, 1.165) is 0 Å². The summed E-state index contributed by atoms with van der Waals surface area (Å²) in [6.45, 7) is 0.0935. The van der Waals surface area contributed by atoms with Gasteiger partial charge in [0.2, 0.25) is 0 Å². The SMILES string of the molecule is CC1(C)C(C=C(Cl)Cl)C1(Cc1c(Cl)c(Cl)c(Cl)c(OC(F)F)c1Cl)C(=O)[O-]. The molecule has 3 nitrogen and oxygen atoms in total. The number of allylic oxidation sites excluding steroid dienone is 1. The van der Waals surface area contributed by atoms with E-state index in [-0.39, 0.29) is 31.5 Å². The topological polar surface area (TPSA) is 49.4 Å². The van der Waals surface area contributed by atoms with Crippen molar-refractivity contribution >= 4 is 75.6 Å². The van der Waals surface area contributed by atoms with Crippen LogP contribution in [-0.2, 0) is 11.2 Å². The van der Waals surface area contributed by atoms with Crippen LogP contribution in [0.15, 0.2) is 10.6 Å². The Hall–Kier alpha value is -0.170. The van der Waals surface area contributed by atoms with Crippen LogP contribution in [0.2, 0.25) is 20.1 Å². The number of hydrogen-bond acceptors (Lipinski definition) is 3. The first-order valence-electron chi connectivity index (χ1n) is 7.32. The minimum Gasteiger partial charge on any atom is -0.549 e. The van der Waals surface area contributed by atoms with Crippen LogP contribution in [0.3, 0.4) is 0 Å². The molecular formula is C16H11Cl6F2O3-. The van der Waals surface area contributed by atoms with E-state index in [9.17, 15) is 18.7 Å². The molecule has 0 aromatic heterocycles. The number of carbonyl (C=O) groups is 1. The molecular weight excluding hydrogens is 491 g/mol. The zero-order valence-corrected chi connectivity index (χ0v) is 18.2. The van der Waals surface area contributed by atoms with E-state index in [1.54, 1.807) is 13.8 Å². The van der Waals surface area contributed by atoms with Gasteiger partial charge >= 0.3 is 6.61 Å². The standard InChI is InChI=1S/C16H12Cl6F2O3/c1-15(2)6(3-7(17)18)16(15,13(25)26)4-5-8(19)10(21)11(22)12(9(5)20)27-14(23)24/h3,6,14H,4H2,1-2H3,(H,25,26)/p-1. The molecule has 1 aromatic rings. The van der Waals surface area contributed by atoms with Gasteiger partial charge in [0.15, 0.2) is 5.75 Å². The van der Waals surface area contributed by atoms with Crippen molar-refractivity contribution in [3.8, 4) is 5.75 Å². The molecule has 2 unspecified atom stereocenters. The van der Waals surface area contributed by atoms with E-state index in [4.69, 9.17) is 69.6 Å². The van der Waals surface area contributed by atoms with E-state index >= 15 is 0 Å². The minimum absolute atomic E-state index is 0.0118. The van der Waals surface area contributed by atoms with Crippen molar-refractivity contribution in [2.45, 2.75) is 26.9 Å². The monoisotopic (exact) mass is 499 g/mol. The fourth-order valence-electron chi connectivity index (χ4n) is 3.46. The third-order valence-electron chi connectivity index (χ3n) is 5.01. The first kappa shape index (κ1) is 23.1. The summed E-state index contributed by atoms with van der Waals surface area (Å²) in [5.41, 5.74) is -2.36. The molecule has 0 N–H and O–H groups in total. The molecule has 0 amide bonds. The fourth-order valence-corrected chi connectivity index (χ4v) is 4.84. The van der Waals surface area contributed by atoms with Gasteiger partial charge in [-0.3, -0.25) is 0 Å². The summed E-state index contributed by atoms with van der Waals surface area (Å²) in [4.78, 5) is 12.0. The molecule has 1 saturated carbocycles. The lowest BCUT2D eigenvalue weighted by Crippen LogP contribution is -2.38. The van der Waals surface area contributed by atoms with Gasteiger partial charge in [-0.05, 0) is 29.4 Å². The molecule has 1 aliphatic carbocycles. The Labute approximate surface area is 184 Å². The Morgan fingerprint density at radius 3 is 2.15 bits per heavy atom. The number of hydrogen-bond donors (Lipinski definition) is 0. The van der Waals surface area contributed by atoms with E-state index in [1.807, 2.05) is 0 Å². The normalized spacial score (nSPS) is 23.3. The summed E-state index contributed by atoms with van der Waals surface area (Å²) in [5.74, 6) is -2.62. The number of halogens is 8. The molecule has 0 bridgehead atoms. The number of rotatable bonds is 6. The van der Waals surface area contributed by atoms with Crippen LogP contribution in [0, 0.1) is 16.7 Å². The Kier molecular flexibility index (Phi) is 6.78. The van der Waals surface area contributed by atoms with Crippen molar-refractivity contribution in [2.24, 2.45) is 16.7 Å². The second kappa shape index (κ2) is 7.92. The van der Waals surface area contributed by atoms with E-state index in [1.165, 1.54) is 6.08 Å². The van der Waals surface area contributed by atoms with Gasteiger partial charge in [-0.2, -0.15) is 8.78 Å². The van der Waals surface area contributed by atoms with Gasteiger partial charge in [0.05, 0.1) is 15.1 Å². The second-order valence-electron chi connectivity index (χ2n) is 6.53. The first-order chi connectivity index (χ1) is 12.3. The maximum atomic E-state index is 12.7. The molecule has 0 heterocycles.